The lowest BCUT2D eigenvalue weighted by molar-refractivity contribution is -0.190. The van der Waals surface area contributed by atoms with Gasteiger partial charge in [0.2, 0.25) is 11.2 Å². The van der Waals surface area contributed by atoms with Gasteiger partial charge in [-0.1, -0.05) is 0 Å². The molecule has 0 aliphatic rings. The van der Waals surface area contributed by atoms with E-state index in [1.165, 1.54) is 12.3 Å². The van der Waals surface area contributed by atoms with Crippen molar-refractivity contribution in [3.63, 3.8) is 0 Å². The van der Waals surface area contributed by atoms with Gasteiger partial charge in [-0.2, -0.15) is 18.2 Å². The largest absolute Gasteiger partial charge is 0.465 e. The molecule has 0 bridgehead atoms. The van der Waals surface area contributed by atoms with E-state index in [4.69, 9.17) is 11.6 Å². The van der Waals surface area contributed by atoms with Crippen LogP contribution in [0.5, 0.6) is 5.88 Å². The zero-order valence-electron chi connectivity index (χ0n) is 7.05. The van der Waals surface area contributed by atoms with Crippen LogP contribution in [0.15, 0.2) is 12.3 Å². The molecular formula is C7H6ClF3N2O. The molecule has 0 aliphatic heterocycles. The van der Waals surface area contributed by atoms with Crippen LogP contribution in [0, 0.1) is 0 Å². The first kappa shape index (κ1) is 11.0. The van der Waals surface area contributed by atoms with Crippen LogP contribution in [0.25, 0.3) is 0 Å². The molecule has 1 aromatic rings. The number of ether oxygens (including phenoxy) is 1. The molecule has 0 radical (unpaired) electrons. The Morgan fingerprint density at radius 1 is 1.50 bits per heavy atom. The van der Waals surface area contributed by atoms with Crippen molar-refractivity contribution >= 4 is 11.6 Å². The van der Waals surface area contributed by atoms with Crippen LogP contribution in [-0.2, 0) is 0 Å². The number of nitrogens with zero attached hydrogens (tertiary/aromatic N) is 2. The van der Waals surface area contributed by atoms with E-state index >= 15 is 0 Å². The van der Waals surface area contributed by atoms with Gasteiger partial charge in [0.05, 0.1) is 0 Å². The highest BCUT2D eigenvalue weighted by Crippen LogP contribution is 2.23. The third kappa shape index (κ3) is 3.02. The fraction of sp³-hybridized carbons (Fsp3) is 0.429. The van der Waals surface area contributed by atoms with E-state index in [2.05, 4.69) is 14.7 Å². The zero-order chi connectivity index (χ0) is 10.8. The van der Waals surface area contributed by atoms with Gasteiger partial charge in [0, 0.05) is 12.3 Å². The summed E-state index contributed by atoms with van der Waals surface area (Å²) in [5.74, 6) is -0.199. The van der Waals surface area contributed by atoms with Crippen LogP contribution in [0.1, 0.15) is 6.92 Å². The molecule has 0 fully saturated rings. The standard InChI is InChI=1S/C7H6ClF3N2O/c1-4(7(9,10)11)14-5-2-3-12-6(8)13-5/h2-4H,1H3. The lowest BCUT2D eigenvalue weighted by atomic mass is 10.4. The molecule has 1 heterocycles. The van der Waals surface area contributed by atoms with Crippen LogP contribution in [0.4, 0.5) is 13.2 Å². The minimum Gasteiger partial charge on any atom is -0.465 e. The molecule has 0 spiro atoms. The Morgan fingerprint density at radius 3 is 2.64 bits per heavy atom. The van der Waals surface area contributed by atoms with Crippen LogP contribution in [0.3, 0.4) is 0 Å². The van der Waals surface area contributed by atoms with E-state index in [-0.39, 0.29) is 11.2 Å². The van der Waals surface area contributed by atoms with E-state index in [9.17, 15) is 13.2 Å². The number of rotatable bonds is 2. The number of aromatic nitrogens is 2. The average molecular weight is 227 g/mol. The Bertz CT molecular complexity index is 318. The molecule has 1 unspecified atom stereocenters. The quantitative estimate of drug-likeness (QED) is 0.727. The highest BCUT2D eigenvalue weighted by molar-refractivity contribution is 6.28. The molecule has 7 heteroatoms. The molecule has 1 atom stereocenters. The van der Waals surface area contributed by atoms with Crippen molar-refractivity contribution in [3.8, 4) is 5.88 Å². The molecule has 1 aromatic heterocycles. The van der Waals surface area contributed by atoms with Crippen LogP contribution in [0.2, 0.25) is 5.28 Å². The zero-order valence-corrected chi connectivity index (χ0v) is 7.80. The fourth-order valence-electron chi connectivity index (χ4n) is 0.633. The number of halogens is 4. The van der Waals surface area contributed by atoms with Crippen molar-refractivity contribution in [3.05, 3.63) is 17.5 Å². The molecule has 14 heavy (non-hydrogen) atoms. The summed E-state index contributed by atoms with van der Waals surface area (Å²) in [7, 11) is 0. The van der Waals surface area contributed by atoms with Gasteiger partial charge in [-0.3, -0.25) is 0 Å². The van der Waals surface area contributed by atoms with E-state index < -0.39 is 12.3 Å². The fourth-order valence-corrected chi connectivity index (χ4v) is 0.773. The van der Waals surface area contributed by atoms with Crippen molar-refractivity contribution in [1.82, 2.24) is 9.97 Å². The first-order chi connectivity index (χ1) is 6.39. The van der Waals surface area contributed by atoms with E-state index in [1.54, 1.807) is 0 Å². The van der Waals surface area contributed by atoms with E-state index in [1.807, 2.05) is 0 Å². The van der Waals surface area contributed by atoms with Crippen molar-refractivity contribution < 1.29 is 17.9 Å². The van der Waals surface area contributed by atoms with Crippen LogP contribution in [-0.4, -0.2) is 22.2 Å². The van der Waals surface area contributed by atoms with Gasteiger partial charge in [0.25, 0.3) is 0 Å². The highest BCUT2D eigenvalue weighted by Gasteiger charge is 2.38. The van der Waals surface area contributed by atoms with E-state index in [0.717, 1.165) is 6.92 Å². The molecule has 3 nitrogen and oxygen atoms in total. The minimum atomic E-state index is -4.42. The van der Waals surface area contributed by atoms with Gasteiger partial charge >= 0.3 is 6.18 Å². The predicted molar refractivity (Wildman–Crippen MR) is 43.2 cm³/mol. The summed E-state index contributed by atoms with van der Waals surface area (Å²) in [6.45, 7) is 0.885. The average Bonchev–Trinajstić information content (AvgIpc) is 2.02. The summed E-state index contributed by atoms with van der Waals surface area (Å²) in [5, 5.41) is -0.156. The van der Waals surface area contributed by atoms with Gasteiger partial charge in [-0.25, -0.2) is 4.98 Å². The van der Waals surface area contributed by atoms with Gasteiger partial charge in [-0.15, -0.1) is 0 Å². The Kier molecular flexibility index (Phi) is 3.15. The molecule has 0 aromatic carbocycles. The monoisotopic (exact) mass is 226 g/mol. The lowest BCUT2D eigenvalue weighted by Gasteiger charge is -2.16. The van der Waals surface area contributed by atoms with Gasteiger partial charge in [-0.05, 0) is 18.5 Å². The first-order valence-corrected chi connectivity index (χ1v) is 3.99. The maximum Gasteiger partial charge on any atom is 0.425 e. The lowest BCUT2D eigenvalue weighted by Crippen LogP contribution is -2.31. The van der Waals surface area contributed by atoms with Crippen LogP contribution >= 0.6 is 11.6 Å². The Labute approximate surface area is 82.9 Å². The van der Waals surface area contributed by atoms with Gasteiger partial charge in [0.1, 0.15) is 0 Å². The summed E-state index contributed by atoms with van der Waals surface area (Å²) in [5.41, 5.74) is 0. The summed E-state index contributed by atoms with van der Waals surface area (Å²) in [6.07, 6.45) is -5.13. The third-order valence-electron chi connectivity index (χ3n) is 1.36. The minimum absolute atomic E-state index is 0.156. The molecular weight excluding hydrogens is 221 g/mol. The summed E-state index contributed by atoms with van der Waals surface area (Å²) in [6, 6.07) is 1.20. The third-order valence-corrected chi connectivity index (χ3v) is 1.54. The first-order valence-electron chi connectivity index (χ1n) is 3.61. The van der Waals surface area contributed by atoms with Gasteiger partial charge < -0.3 is 4.74 Å². The Balaban J connectivity index is 2.70. The molecule has 78 valence electrons. The second-order valence-corrected chi connectivity index (χ2v) is 2.80. The van der Waals surface area contributed by atoms with Crippen molar-refractivity contribution in [2.75, 3.05) is 0 Å². The maximum atomic E-state index is 12.0. The molecule has 0 saturated carbocycles. The summed E-state index contributed by atoms with van der Waals surface area (Å²) < 4.78 is 40.6. The van der Waals surface area contributed by atoms with Crippen molar-refractivity contribution in [1.29, 1.82) is 0 Å². The summed E-state index contributed by atoms with van der Waals surface area (Å²) >= 11 is 5.36. The summed E-state index contributed by atoms with van der Waals surface area (Å²) in [4.78, 5) is 6.96. The SMILES string of the molecule is CC(Oc1ccnc(Cl)n1)C(F)(F)F. The van der Waals surface area contributed by atoms with Crippen LogP contribution < -0.4 is 4.74 Å². The molecule has 1 rings (SSSR count). The Hall–Kier alpha value is -1.04. The molecule has 0 N–H and O–H groups in total. The second-order valence-electron chi connectivity index (χ2n) is 2.47. The number of hydrogen-bond donors (Lipinski definition) is 0. The van der Waals surface area contributed by atoms with Gasteiger partial charge in [0.15, 0.2) is 6.10 Å². The molecule has 0 aliphatic carbocycles. The highest BCUT2D eigenvalue weighted by atomic mass is 35.5. The maximum absolute atomic E-state index is 12.0. The molecule has 0 amide bonds. The van der Waals surface area contributed by atoms with Crippen molar-refractivity contribution in [2.24, 2.45) is 0 Å². The second kappa shape index (κ2) is 4.00. The van der Waals surface area contributed by atoms with E-state index in [0.29, 0.717) is 0 Å². The number of alkyl halides is 3. The Morgan fingerprint density at radius 2 is 2.14 bits per heavy atom. The topological polar surface area (TPSA) is 35.0 Å². The van der Waals surface area contributed by atoms with Crippen molar-refractivity contribution in [2.45, 2.75) is 19.2 Å². The molecule has 0 saturated heterocycles. The smallest absolute Gasteiger partial charge is 0.425 e. The number of hydrogen-bond acceptors (Lipinski definition) is 3. The predicted octanol–water partition coefficient (Wildman–Crippen LogP) is 2.46. The normalized spacial score (nSPS) is 13.8.